The van der Waals surface area contributed by atoms with Gasteiger partial charge in [0.25, 0.3) is 5.69 Å². The molecule has 10 nitrogen and oxygen atoms in total. The van der Waals surface area contributed by atoms with Crippen LogP contribution in [0.4, 0.5) is 17.1 Å². The average molecular weight is 724 g/mol. The predicted octanol–water partition coefficient (Wildman–Crippen LogP) is 7.47. The molecule has 11 heteroatoms. The zero-order valence-corrected chi connectivity index (χ0v) is 28.7. The number of nitro benzene ring substituents is 1. The van der Waals surface area contributed by atoms with E-state index >= 15 is 4.79 Å². The van der Waals surface area contributed by atoms with Gasteiger partial charge in [-0.05, 0) is 54.0 Å². The zero-order valence-electron chi connectivity index (χ0n) is 28.0. The van der Waals surface area contributed by atoms with Crippen molar-refractivity contribution in [1.29, 1.82) is 0 Å². The minimum atomic E-state index is -1.55. The van der Waals surface area contributed by atoms with Crippen molar-refractivity contribution < 1.29 is 29.2 Å². The number of aromatic hydroxyl groups is 1. The van der Waals surface area contributed by atoms with Crippen molar-refractivity contribution in [1.82, 2.24) is 0 Å². The number of carbonyl (C=O) groups is 4. The summed E-state index contributed by atoms with van der Waals surface area (Å²) in [6, 6.07) is 32.1. The third-order valence-corrected chi connectivity index (χ3v) is 11.9. The van der Waals surface area contributed by atoms with Crippen LogP contribution in [0.3, 0.4) is 0 Å². The second-order valence-electron chi connectivity index (χ2n) is 14.1. The number of benzene rings is 5. The van der Waals surface area contributed by atoms with Crippen LogP contribution >= 0.6 is 11.6 Å². The fourth-order valence-corrected chi connectivity index (χ4v) is 9.78. The molecule has 53 heavy (non-hydrogen) atoms. The van der Waals surface area contributed by atoms with Gasteiger partial charge in [0.2, 0.25) is 23.6 Å². The number of allylic oxidation sites excluding steroid dienone is 2. The van der Waals surface area contributed by atoms with E-state index in [-0.39, 0.29) is 30.0 Å². The van der Waals surface area contributed by atoms with Crippen molar-refractivity contribution in [2.45, 2.75) is 24.2 Å². The van der Waals surface area contributed by atoms with Gasteiger partial charge in [0, 0.05) is 34.0 Å². The Bertz CT molecular complexity index is 2470. The molecule has 2 saturated heterocycles. The maximum Gasteiger partial charge on any atom is 0.271 e. The number of hydrogen-bond acceptors (Lipinski definition) is 7. The van der Waals surface area contributed by atoms with Crippen molar-refractivity contribution in [2.75, 3.05) is 9.80 Å². The molecule has 1 N–H and O–H groups in total. The number of nitro groups is 1. The number of non-ortho nitro benzene ring substituents is 1. The van der Waals surface area contributed by atoms with E-state index in [0.717, 1.165) is 10.3 Å². The van der Waals surface area contributed by atoms with Gasteiger partial charge >= 0.3 is 0 Å². The summed E-state index contributed by atoms with van der Waals surface area (Å²) in [6.07, 6.45) is 2.14. The second-order valence-corrected chi connectivity index (χ2v) is 14.5. The van der Waals surface area contributed by atoms with Crippen LogP contribution in [0, 0.1) is 33.8 Å². The number of imide groups is 2. The molecule has 262 valence electrons. The van der Waals surface area contributed by atoms with Crippen LogP contribution in [0.25, 0.3) is 10.8 Å². The Morgan fingerprint density at radius 1 is 0.755 bits per heavy atom. The quantitative estimate of drug-likeness (QED) is 0.0859. The van der Waals surface area contributed by atoms with Crippen LogP contribution in [-0.2, 0) is 24.6 Å². The standard InChI is InChI=1S/C42H30ClN3O7/c43-25-11-6-12-26(20-25)45-39(49)34-22-33-30(18-19-31-35(33)40(50)44(38(31)48)27-13-7-14-28(21-27)46(52)53)36(42(34,41(45)51)24-9-2-1-3-10-24)32-17-16-23-8-4-5-15-29(23)37(32)47/h1-18,20-21,31,33-36,47H,19,22H2. The lowest BCUT2D eigenvalue weighted by Crippen LogP contribution is -2.53. The Hall–Kier alpha value is -6.13. The molecular formula is C42H30ClN3O7. The summed E-state index contributed by atoms with van der Waals surface area (Å²) in [5, 5.41) is 25.5. The number of hydrogen-bond donors (Lipinski definition) is 1. The summed E-state index contributed by atoms with van der Waals surface area (Å²) < 4.78 is 0. The van der Waals surface area contributed by atoms with Crippen LogP contribution in [0.15, 0.2) is 127 Å². The van der Waals surface area contributed by atoms with Gasteiger partial charge in [-0.2, -0.15) is 0 Å². The highest BCUT2D eigenvalue weighted by atomic mass is 35.5. The fourth-order valence-electron chi connectivity index (χ4n) is 9.59. The lowest BCUT2D eigenvalue weighted by Gasteiger charge is -2.50. The molecule has 0 aromatic heterocycles. The fraction of sp³-hybridized carbons (Fsp3) is 0.190. The van der Waals surface area contributed by atoms with E-state index < -0.39 is 63.6 Å². The number of halogens is 1. The molecule has 2 aliphatic carbocycles. The summed E-state index contributed by atoms with van der Waals surface area (Å²) in [5.74, 6) is -6.31. The van der Waals surface area contributed by atoms with E-state index in [1.807, 2.05) is 60.7 Å². The van der Waals surface area contributed by atoms with E-state index in [4.69, 9.17) is 11.6 Å². The molecule has 4 amide bonds. The van der Waals surface area contributed by atoms with Gasteiger partial charge < -0.3 is 5.11 Å². The number of phenols is 1. The van der Waals surface area contributed by atoms with Crippen molar-refractivity contribution in [3.05, 3.63) is 153 Å². The van der Waals surface area contributed by atoms with Gasteiger partial charge in [0.05, 0.1) is 39.5 Å². The number of anilines is 2. The Morgan fingerprint density at radius 2 is 1.47 bits per heavy atom. The van der Waals surface area contributed by atoms with E-state index in [1.165, 1.54) is 29.2 Å². The first-order chi connectivity index (χ1) is 25.6. The predicted molar refractivity (Wildman–Crippen MR) is 197 cm³/mol. The number of carbonyl (C=O) groups excluding carboxylic acids is 4. The molecule has 4 aliphatic rings. The van der Waals surface area contributed by atoms with Crippen LogP contribution in [0.1, 0.15) is 29.9 Å². The zero-order chi connectivity index (χ0) is 36.8. The number of nitrogens with zero attached hydrogens (tertiary/aromatic N) is 3. The molecule has 5 aromatic rings. The molecule has 1 saturated carbocycles. The van der Waals surface area contributed by atoms with Crippen LogP contribution in [0.5, 0.6) is 5.75 Å². The average Bonchev–Trinajstić information content (AvgIpc) is 3.56. The molecule has 2 aliphatic heterocycles. The van der Waals surface area contributed by atoms with Gasteiger partial charge in [-0.25, -0.2) is 9.80 Å². The van der Waals surface area contributed by atoms with Gasteiger partial charge in [-0.1, -0.05) is 102 Å². The van der Waals surface area contributed by atoms with Gasteiger partial charge in [0.15, 0.2) is 0 Å². The van der Waals surface area contributed by atoms with Gasteiger partial charge in [-0.15, -0.1) is 0 Å². The molecular weight excluding hydrogens is 694 g/mol. The number of amides is 4. The summed E-state index contributed by atoms with van der Waals surface area (Å²) in [5.41, 5.74) is 0.284. The van der Waals surface area contributed by atoms with E-state index in [2.05, 4.69) is 0 Å². The molecule has 2 heterocycles. The van der Waals surface area contributed by atoms with Crippen molar-refractivity contribution >= 4 is 63.1 Å². The Balaban J connectivity index is 1.28. The molecule has 3 fully saturated rings. The molecule has 6 unspecified atom stereocenters. The smallest absolute Gasteiger partial charge is 0.271 e. The van der Waals surface area contributed by atoms with Crippen molar-refractivity contribution in [3.8, 4) is 5.75 Å². The number of phenolic OH excluding ortho intramolecular Hbond substituents is 1. The SMILES string of the molecule is O=C1C2CC=C3C(CC4C(=O)N(c5cccc(Cl)c5)C(=O)C4(c4ccccc4)C3c3ccc4ccccc4c3O)C2C(=O)N1c1cccc([N+](=O)[O-])c1. The second kappa shape index (κ2) is 12.0. The van der Waals surface area contributed by atoms with Crippen molar-refractivity contribution in [3.63, 3.8) is 0 Å². The van der Waals surface area contributed by atoms with Gasteiger partial charge in [0.1, 0.15) is 5.75 Å². The highest BCUT2D eigenvalue weighted by molar-refractivity contribution is 6.32. The lowest BCUT2D eigenvalue weighted by atomic mass is 9.49. The third kappa shape index (κ3) is 4.58. The summed E-state index contributed by atoms with van der Waals surface area (Å²) >= 11 is 6.40. The Labute approximate surface area is 308 Å². The van der Waals surface area contributed by atoms with Crippen LogP contribution in [-0.4, -0.2) is 33.7 Å². The normalized spacial score (nSPS) is 26.4. The molecule has 6 atom stereocenters. The molecule has 0 radical (unpaired) electrons. The molecule has 0 bridgehead atoms. The maximum atomic E-state index is 15.5. The van der Waals surface area contributed by atoms with E-state index in [1.54, 1.807) is 36.4 Å². The third-order valence-electron chi connectivity index (χ3n) is 11.7. The highest BCUT2D eigenvalue weighted by Crippen LogP contribution is 2.65. The van der Waals surface area contributed by atoms with Gasteiger partial charge in [-0.3, -0.25) is 29.3 Å². The first-order valence-electron chi connectivity index (χ1n) is 17.3. The van der Waals surface area contributed by atoms with E-state index in [0.29, 0.717) is 32.8 Å². The Kier molecular flexibility index (Phi) is 7.39. The lowest BCUT2D eigenvalue weighted by molar-refractivity contribution is -0.384. The van der Waals surface area contributed by atoms with E-state index in [9.17, 15) is 29.6 Å². The minimum absolute atomic E-state index is 0.0423. The first-order valence-corrected chi connectivity index (χ1v) is 17.7. The number of fused-ring (bicyclic) bond motifs is 5. The van der Waals surface area contributed by atoms with Crippen LogP contribution in [0.2, 0.25) is 5.02 Å². The first kappa shape index (κ1) is 32.8. The largest absolute Gasteiger partial charge is 0.507 e. The summed E-state index contributed by atoms with van der Waals surface area (Å²) in [6.45, 7) is 0. The number of rotatable bonds is 5. The maximum absolute atomic E-state index is 15.5. The molecule has 9 rings (SSSR count). The Morgan fingerprint density at radius 3 is 2.23 bits per heavy atom. The topological polar surface area (TPSA) is 138 Å². The molecule has 5 aromatic carbocycles. The summed E-state index contributed by atoms with van der Waals surface area (Å²) in [4.78, 5) is 72.3. The van der Waals surface area contributed by atoms with Crippen LogP contribution < -0.4 is 9.80 Å². The monoisotopic (exact) mass is 723 g/mol. The van der Waals surface area contributed by atoms with Crippen molar-refractivity contribution in [2.24, 2.45) is 23.7 Å². The minimum Gasteiger partial charge on any atom is -0.507 e. The summed E-state index contributed by atoms with van der Waals surface area (Å²) in [7, 11) is 0. The highest BCUT2D eigenvalue weighted by Gasteiger charge is 2.70. The molecule has 0 spiro atoms.